The Kier molecular flexibility index (Phi) is 4.47. The zero-order valence-electron chi connectivity index (χ0n) is 13.3. The summed E-state index contributed by atoms with van der Waals surface area (Å²) in [5.74, 6) is 0.782. The third kappa shape index (κ3) is 3.29. The van der Waals surface area contributed by atoms with Crippen LogP contribution in [-0.2, 0) is 0 Å². The molecule has 0 aliphatic carbocycles. The average molecular weight is 361 g/mol. The van der Waals surface area contributed by atoms with E-state index >= 15 is 0 Å². The predicted molar refractivity (Wildman–Crippen MR) is 95.0 cm³/mol. The van der Waals surface area contributed by atoms with Crippen LogP contribution in [0.25, 0.3) is 0 Å². The number of carbonyl (C=O) groups is 1. The van der Waals surface area contributed by atoms with E-state index in [2.05, 4.69) is 15.6 Å². The van der Waals surface area contributed by atoms with Crippen molar-refractivity contribution < 1.29 is 9.53 Å². The molecule has 3 atom stereocenters. The largest absolute Gasteiger partial charge is 0.497 e. The normalized spacial score (nSPS) is 25.0. The van der Waals surface area contributed by atoms with Crippen molar-refractivity contribution in [2.45, 2.75) is 46.5 Å². The molecule has 2 aliphatic heterocycles. The van der Waals surface area contributed by atoms with E-state index in [9.17, 15) is 4.79 Å². The Bertz CT molecular complexity index is 732. The van der Waals surface area contributed by atoms with Gasteiger partial charge in [-0.3, -0.25) is 4.79 Å². The first kappa shape index (κ1) is 15.9. The Labute approximate surface area is 149 Å². The number of benzene rings is 1. The molecule has 2 saturated heterocycles. The van der Waals surface area contributed by atoms with Crippen LogP contribution in [-0.4, -0.2) is 36.1 Å². The maximum absolute atomic E-state index is 12.4. The average Bonchev–Trinajstić information content (AvgIpc) is 3.32. The third-order valence-corrected chi connectivity index (χ3v) is 6.68. The summed E-state index contributed by atoms with van der Waals surface area (Å²) in [6.45, 7) is 0. The van der Waals surface area contributed by atoms with Crippen LogP contribution in [0, 0.1) is 0 Å². The summed E-state index contributed by atoms with van der Waals surface area (Å²) in [5.41, 5.74) is 0. The highest BCUT2D eigenvalue weighted by molar-refractivity contribution is 8.01. The van der Waals surface area contributed by atoms with Gasteiger partial charge in [-0.05, 0) is 43.5 Å². The van der Waals surface area contributed by atoms with Gasteiger partial charge in [0, 0.05) is 23.0 Å². The number of carbonyl (C=O) groups excluding carboxylic acids is 1. The number of aromatic nitrogens is 1. The second-order valence-corrected chi connectivity index (χ2v) is 8.53. The van der Waals surface area contributed by atoms with Crippen LogP contribution in [0.1, 0.15) is 29.1 Å². The maximum Gasteiger partial charge on any atom is 0.280 e. The number of nitrogens with zero attached hydrogens (tertiary/aromatic N) is 1. The Morgan fingerprint density at radius 1 is 1.38 bits per heavy atom. The minimum absolute atomic E-state index is 0.0547. The van der Waals surface area contributed by atoms with Crippen molar-refractivity contribution in [3.63, 3.8) is 0 Å². The van der Waals surface area contributed by atoms with Crippen LogP contribution >= 0.6 is 23.1 Å². The molecule has 24 heavy (non-hydrogen) atoms. The first-order valence-electron chi connectivity index (χ1n) is 8.06. The molecule has 1 aromatic heterocycles. The Morgan fingerprint density at radius 3 is 2.88 bits per heavy atom. The van der Waals surface area contributed by atoms with Gasteiger partial charge in [0.1, 0.15) is 5.75 Å². The van der Waals surface area contributed by atoms with E-state index < -0.39 is 0 Å². The van der Waals surface area contributed by atoms with Gasteiger partial charge in [0.25, 0.3) is 5.91 Å². The molecule has 0 spiro atoms. The molecule has 2 bridgehead atoms. The van der Waals surface area contributed by atoms with Crippen molar-refractivity contribution in [2.75, 3.05) is 7.11 Å². The van der Waals surface area contributed by atoms with Crippen LogP contribution in [0.4, 0.5) is 0 Å². The van der Waals surface area contributed by atoms with Crippen molar-refractivity contribution in [1.29, 1.82) is 0 Å². The molecule has 7 heteroatoms. The molecule has 0 radical (unpaired) electrons. The molecule has 2 N–H and O–H groups in total. The second kappa shape index (κ2) is 6.74. The number of ether oxygens (including phenoxy) is 1. The van der Waals surface area contributed by atoms with Gasteiger partial charge in [-0.2, -0.15) is 0 Å². The van der Waals surface area contributed by atoms with Crippen LogP contribution < -0.4 is 15.4 Å². The van der Waals surface area contributed by atoms with Crippen molar-refractivity contribution in [2.24, 2.45) is 0 Å². The smallest absolute Gasteiger partial charge is 0.280 e. The Balaban J connectivity index is 1.37. The lowest BCUT2D eigenvalue weighted by Gasteiger charge is -2.20. The maximum atomic E-state index is 12.4. The monoisotopic (exact) mass is 361 g/mol. The van der Waals surface area contributed by atoms with Crippen LogP contribution in [0.15, 0.2) is 39.6 Å². The molecule has 2 aromatic rings. The molecule has 0 unspecified atom stereocenters. The number of methoxy groups -OCH3 is 1. The number of fused-ring (bicyclic) bond motifs is 2. The fourth-order valence-corrected chi connectivity index (χ4v) is 5.24. The first-order chi connectivity index (χ1) is 11.7. The van der Waals surface area contributed by atoms with E-state index in [4.69, 9.17) is 4.74 Å². The summed E-state index contributed by atoms with van der Waals surface area (Å²) in [6.07, 6.45) is 5.20. The SMILES string of the molecule is COc1ccc(Sc2cnc(C(=O)N[C@@H]3C[C@H]4CC[C@@H]3N4)s2)cc1. The van der Waals surface area contributed by atoms with E-state index in [0.717, 1.165) is 27.7 Å². The van der Waals surface area contributed by atoms with Crippen LogP contribution in [0.3, 0.4) is 0 Å². The van der Waals surface area contributed by atoms with Gasteiger partial charge in [-0.15, -0.1) is 11.3 Å². The lowest BCUT2D eigenvalue weighted by atomic mass is 9.95. The summed E-state index contributed by atoms with van der Waals surface area (Å²) in [5, 5.41) is 7.21. The number of thiazole rings is 1. The Morgan fingerprint density at radius 2 is 2.21 bits per heavy atom. The summed E-state index contributed by atoms with van der Waals surface area (Å²) in [4.78, 5) is 17.8. The van der Waals surface area contributed by atoms with Gasteiger partial charge < -0.3 is 15.4 Å². The van der Waals surface area contributed by atoms with E-state index in [1.165, 1.54) is 17.8 Å². The summed E-state index contributed by atoms with van der Waals surface area (Å²) < 4.78 is 6.17. The van der Waals surface area contributed by atoms with Gasteiger partial charge in [0.05, 0.1) is 17.5 Å². The number of hydrogen-bond donors (Lipinski definition) is 2. The molecule has 5 nitrogen and oxygen atoms in total. The molecule has 1 aromatic carbocycles. The molecule has 1 amide bonds. The highest BCUT2D eigenvalue weighted by Crippen LogP contribution is 2.33. The standard InChI is InChI=1S/C17H19N3O2S2/c1-22-11-3-5-12(6-4-11)23-15-9-18-17(24-15)16(21)20-14-8-10-2-7-13(14)19-10/h3-6,9-10,13-14,19H,2,7-8H2,1H3,(H,20,21)/t10-,13+,14-/m1/s1. The summed E-state index contributed by atoms with van der Waals surface area (Å²) in [7, 11) is 1.65. The van der Waals surface area contributed by atoms with Gasteiger partial charge in [-0.25, -0.2) is 4.98 Å². The number of hydrogen-bond acceptors (Lipinski definition) is 6. The first-order valence-corrected chi connectivity index (χ1v) is 9.69. The predicted octanol–water partition coefficient (Wildman–Crippen LogP) is 2.93. The zero-order chi connectivity index (χ0) is 16.5. The van der Waals surface area contributed by atoms with E-state index in [1.807, 2.05) is 24.3 Å². The lowest BCUT2D eigenvalue weighted by Crippen LogP contribution is -2.42. The number of rotatable bonds is 5. The van der Waals surface area contributed by atoms with Gasteiger partial charge in [0.2, 0.25) is 0 Å². The summed E-state index contributed by atoms with van der Waals surface area (Å²) >= 11 is 3.05. The van der Waals surface area contributed by atoms with E-state index in [1.54, 1.807) is 25.1 Å². The molecule has 0 saturated carbocycles. The van der Waals surface area contributed by atoms with Gasteiger partial charge in [-0.1, -0.05) is 11.8 Å². The fourth-order valence-electron chi connectivity index (χ4n) is 3.39. The van der Waals surface area contributed by atoms with Crippen molar-refractivity contribution in [1.82, 2.24) is 15.6 Å². The zero-order valence-corrected chi connectivity index (χ0v) is 15.0. The van der Waals surface area contributed by atoms with Gasteiger partial charge >= 0.3 is 0 Å². The molecular weight excluding hydrogens is 342 g/mol. The topological polar surface area (TPSA) is 63.2 Å². The fraction of sp³-hybridized carbons (Fsp3) is 0.412. The highest BCUT2D eigenvalue weighted by atomic mass is 32.2. The van der Waals surface area contributed by atoms with Crippen LogP contribution in [0.5, 0.6) is 5.75 Å². The molecule has 2 fully saturated rings. The van der Waals surface area contributed by atoms with Gasteiger partial charge in [0.15, 0.2) is 5.01 Å². The molecule has 3 heterocycles. The van der Waals surface area contributed by atoms with E-state index in [-0.39, 0.29) is 11.9 Å². The summed E-state index contributed by atoms with van der Waals surface area (Å²) in [6, 6.07) is 9.13. The van der Waals surface area contributed by atoms with Crippen molar-refractivity contribution in [3.05, 3.63) is 35.5 Å². The Hall–Kier alpha value is -1.57. The molecular formula is C17H19N3O2S2. The minimum Gasteiger partial charge on any atom is -0.497 e. The highest BCUT2D eigenvalue weighted by Gasteiger charge is 2.39. The third-order valence-electron chi connectivity index (χ3n) is 4.57. The van der Waals surface area contributed by atoms with Crippen LogP contribution in [0.2, 0.25) is 0 Å². The van der Waals surface area contributed by atoms with Crippen molar-refractivity contribution >= 4 is 29.0 Å². The number of amides is 1. The second-order valence-electron chi connectivity index (χ2n) is 6.13. The van der Waals surface area contributed by atoms with E-state index in [0.29, 0.717) is 17.1 Å². The molecule has 4 rings (SSSR count). The lowest BCUT2D eigenvalue weighted by molar-refractivity contribution is 0.0930. The molecule has 2 aliphatic rings. The van der Waals surface area contributed by atoms with Crippen molar-refractivity contribution in [3.8, 4) is 5.75 Å². The molecule has 126 valence electrons. The quantitative estimate of drug-likeness (QED) is 0.857. The minimum atomic E-state index is -0.0547. The number of nitrogens with one attached hydrogen (secondary N) is 2.